The van der Waals surface area contributed by atoms with Gasteiger partial charge in [-0.2, -0.15) is 0 Å². The van der Waals surface area contributed by atoms with Crippen molar-refractivity contribution in [3.8, 4) is 38.0 Å². The van der Waals surface area contributed by atoms with Gasteiger partial charge in [0.2, 0.25) is 22.1 Å². The summed E-state index contributed by atoms with van der Waals surface area (Å²) in [6, 6.07) is 32.1. The minimum atomic E-state index is -0.159. The first-order valence-corrected chi connectivity index (χ1v) is 17.3. The van der Waals surface area contributed by atoms with Crippen LogP contribution in [-0.4, -0.2) is 38.3 Å². The number of nitrogens with zero attached hydrogens (tertiary/aromatic N) is 4. The van der Waals surface area contributed by atoms with Crippen LogP contribution in [0.15, 0.2) is 102 Å². The molecule has 4 aromatic carbocycles. The summed E-state index contributed by atoms with van der Waals surface area (Å²) in [5.74, 6) is 0.564. The molecule has 10 nitrogen and oxygen atoms in total. The van der Waals surface area contributed by atoms with E-state index < -0.39 is 0 Å². The second kappa shape index (κ2) is 16.2. The van der Waals surface area contributed by atoms with Crippen LogP contribution in [0.2, 0.25) is 0 Å². The number of hydrogen-bond acceptors (Lipinski definition) is 10. The summed E-state index contributed by atoms with van der Waals surface area (Å²) in [4.78, 5) is 22.0. The summed E-state index contributed by atoms with van der Waals surface area (Å²) in [7, 11) is 0. The lowest BCUT2D eigenvalue weighted by molar-refractivity contribution is -0.115. The Morgan fingerprint density at radius 1 is 0.667 bits per heavy atom. The molecule has 244 valence electrons. The van der Waals surface area contributed by atoms with E-state index in [0.717, 1.165) is 53.9 Å². The molecular formula is C35H32BrN7O3S2. The zero-order chi connectivity index (χ0) is 34.0. The van der Waals surface area contributed by atoms with Crippen LogP contribution in [0.4, 0.5) is 21.6 Å². The fourth-order valence-electron chi connectivity index (χ4n) is 4.36. The Morgan fingerprint density at radius 2 is 1.17 bits per heavy atom. The molecule has 0 bridgehead atoms. The SMILES string of the molecule is CC(=O)Nc1nnc(-c2ccc(Br)cc2)s1.CC(=O)Nc1nnc(-c2ccc(Nc3ccccc3-c3ccc(OC(C)C)cc3)cc2)s1. The van der Waals surface area contributed by atoms with E-state index in [1.165, 1.54) is 36.5 Å². The zero-order valence-corrected chi connectivity index (χ0v) is 29.7. The van der Waals surface area contributed by atoms with Crippen LogP contribution < -0.4 is 20.7 Å². The molecule has 6 rings (SSSR count). The molecule has 13 heteroatoms. The van der Waals surface area contributed by atoms with Gasteiger partial charge in [0.1, 0.15) is 15.8 Å². The Balaban J connectivity index is 0.000000236. The van der Waals surface area contributed by atoms with Crippen molar-refractivity contribution in [2.75, 3.05) is 16.0 Å². The number of halogens is 1. The number of anilines is 4. The summed E-state index contributed by atoms with van der Waals surface area (Å²) >= 11 is 6.06. The lowest BCUT2D eigenvalue weighted by Gasteiger charge is -2.14. The normalized spacial score (nSPS) is 10.5. The van der Waals surface area contributed by atoms with E-state index in [0.29, 0.717) is 10.3 Å². The molecule has 0 spiro atoms. The lowest BCUT2D eigenvalue weighted by Crippen LogP contribution is -2.05. The standard InChI is InChI=1S/C25H24N4O2S.C10H8BrN3OS/c1-16(2)31-21-14-10-18(11-15-21)22-6-4-5-7-23(22)27-20-12-8-19(9-13-20)24-28-29-25(32-24)26-17(3)30;1-6(15)12-10-14-13-9(16-10)7-2-4-8(11)5-3-7/h4-16,27H,1-3H3,(H,26,29,30);2-5H,1H3,(H,12,14,15). The largest absolute Gasteiger partial charge is 0.491 e. The minimum Gasteiger partial charge on any atom is -0.491 e. The molecule has 2 aromatic heterocycles. The fourth-order valence-corrected chi connectivity index (χ4v) is 6.21. The Kier molecular flexibility index (Phi) is 11.6. The number of rotatable bonds is 9. The third kappa shape index (κ3) is 9.77. The quantitative estimate of drug-likeness (QED) is 0.134. The maximum atomic E-state index is 11.2. The molecule has 0 radical (unpaired) electrons. The van der Waals surface area contributed by atoms with Gasteiger partial charge in [-0.25, -0.2) is 0 Å². The average molecular weight is 743 g/mol. The number of nitrogens with one attached hydrogen (secondary N) is 3. The van der Waals surface area contributed by atoms with E-state index >= 15 is 0 Å². The Hall–Kier alpha value is -4.98. The number of carbonyl (C=O) groups excluding carboxylic acids is 2. The van der Waals surface area contributed by atoms with Crippen molar-refractivity contribution >= 4 is 72.1 Å². The zero-order valence-electron chi connectivity index (χ0n) is 26.5. The molecule has 2 amide bonds. The number of aromatic nitrogens is 4. The lowest BCUT2D eigenvalue weighted by atomic mass is 10.0. The van der Waals surface area contributed by atoms with Gasteiger partial charge in [-0.05, 0) is 74.0 Å². The van der Waals surface area contributed by atoms with Gasteiger partial charge in [0, 0.05) is 46.4 Å². The van der Waals surface area contributed by atoms with Gasteiger partial charge < -0.3 is 20.7 Å². The molecule has 0 aliphatic carbocycles. The second-order valence-electron chi connectivity index (χ2n) is 10.6. The molecule has 3 N–H and O–H groups in total. The van der Waals surface area contributed by atoms with Gasteiger partial charge in [-0.1, -0.05) is 81.1 Å². The van der Waals surface area contributed by atoms with Crippen molar-refractivity contribution in [3.63, 3.8) is 0 Å². The minimum absolute atomic E-state index is 0.140. The van der Waals surface area contributed by atoms with Crippen LogP contribution in [-0.2, 0) is 9.59 Å². The average Bonchev–Trinajstić information content (AvgIpc) is 3.72. The summed E-state index contributed by atoms with van der Waals surface area (Å²) in [6.45, 7) is 6.94. The number of ether oxygens (including phenoxy) is 1. The summed E-state index contributed by atoms with van der Waals surface area (Å²) < 4.78 is 6.77. The first-order chi connectivity index (χ1) is 23.1. The van der Waals surface area contributed by atoms with Crippen LogP contribution in [0.3, 0.4) is 0 Å². The summed E-state index contributed by atoms with van der Waals surface area (Å²) in [6.07, 6.45) is 0.148. The smallest absolute Gasteiger partial charge is 0.223 e. The molecule has 0 aliphatic rings. The molecule has 0 unspecified atom stereocenters. The van der Waals surface area contributed by atoms with Gasteiger partial charge in [0.15, 0.2) is 0 Å². The van der Waals surface area contributed by atoms with Gasteiger partial charge in [0.25, 0.3) is 0 Å². The van der Waals surface area contributed by atoms with Crippen molar-refractivity contribution < 1.29 is 14.3 Å². The third-order valence-electron chi connectivity index (χ3n) is 6.38. The molecular weight excluding hydrogens is 710 g/mol. The number of amides is 2. The Bertz CT molecular complexity index is 1980. The molecule has 2 heterocycles. The Labute approximate surface area is 294 Å². The highest BCUT2D eigenvalue weighted by molar-refractivity contribution is 9.10. The molecule has 6 aromatic rings. The van der Waals surface area contributed by atoms with Gasteiger partial charge in [-0.3, -0.25) is 9.59 Å². The maximum absolute atomic E-state index is 11.2. The predicted octanol–water partition coefficient (Wildman–Crippen LogP) is 9.29. The van der Waals surface area contributed by atoms with Gasteiger partial charge in [0.05, 0.1) is 6.10 Å². The van der Waals surface area contributed by atoms with E-state index in [4.69, 9.17) is 4.74 Å². The van der Waals surface area contributed by atoms with E-state index in [-0.39, 0.29) is 17.9 Å². The Morgan fingerprint density at radius 3 is 1.69 bits per heavy atom. The highest BCUT2D eigenvalue weighted by atomic mass is 79.9. The van der Waals surface area contributed by atoms with Crippen LogP contribution in [0.5, 0.6) is 5.75 Å². The topological polar surface area (TPSA) is 131 Å². The summed E-state index contributed by atoms with van der Waals surface area (Å²) in [5.41, 5.74) is 6.13. The fraction of sp³-hybridized carbons (Fsp3) is 0.143. The molecule has 48 heavy (non-hydrogen) atoms. The van der Waals surface area contributed by atoms with E-state index in [1.807, 2.05) is 86.6 Å². The highest BCUT2D eigenvalue weighted by Crippen LogP contribution is 2.33. The molecule has 0 saturated heterocycles. The van der Waals surface area contributed by atoms with E-state index in [2.05, 4.69) is 76.5 Å². The maximum Gasteiger partial charge on any atom is 0.223 e. The highest BCUT2D eigenvalue weighted by Gasteiger charge is 2.10. The molecule has 0 atom stereocenters. The van der Waals surface area contributed by atoms with Gasteiger partial charge in [-0.15, -0.1) is 20.4 Å². The van der Waals surface area contributed by atoms with Crippen LogP contribution in [0.1, 0.15) is 27.7 Å². The summed E-state index contributed by atoms with van der Waals surface area (Å²) in [5, 5.41) is 27.4. The van der Waals surface area contributed by atoms with Crippen molar-refractivity contribution in [1.82, 2.24) is 20.4 Å². The van der Waals surface area contributed by atoms with Crippen molar-refractivity contribution in [2.24, 2.45) is 0 Å². The third-order valence-corrected chi connectivity index (χ3v) is 8.69. The van der Waals surface area contributed by atoms with Crippen molar-refractivity contribution in [2.45, 2.75) is 33.8 Å². The first-order valence-electron chi connectivity index (χ1n) is 14.8. The molecule has 0 fully saturated rings. The predicted molar refractivity (Wildman–Crippen MR) is 198 cm³/mol. The number of carbonyl (C=O) groups is 2. The van der Waals surface area contributed by atoms with Crippen LogP contribution >= 0.6 is 38.6 Å². The van der Waals surface area contributed by atoms with Crippen molar-refractivity contribution in [1.29, 1.82) is 0 Å². The molecule has 0 saturated carbocycles. The van der Waals surface area contributed by atoms with E-state index in [9.17, 15) is 9.59 Å². The van der Waals surface area contributed by atoms with E-state index in [1.54, 1.807) is 0 Å². The van der Waals surface area contributed by atoms with Gasteiger partial charge >= 0.3 is 0 Å². The number of hydrogen-bond donors (Lipinski definition) is 3. The number of para-hydroxylation sites is 1. The first kappa shape index (κ1) is 34.4. The second-order valence-corrected chi connectivity index (χ2v) is 13.5. The van der Waals surface area contributed by atoms with Crippen LogP contribution in [0.25, 0.3) is 32.3 Å². The van der Waals surface area contributed by atoms with Crippen molar-refractivity contribution in [3.05, 3.63) is 102 Å². The monoisotopic (exact) mass is 741 g/mol. The molecule has 0 aliphatic heterocycles. The number of benzene rings is 4. The van der Waals surface area contributed by atoms with Crippen LogP contribution in [0, 0.1) is 0 Å².